The van der Waals surface area contributed by atoms with Crippen LogP contribution in [0.2, 0.25) is 0 Å². The second-order valence-electron chi connectivity index (χ2n) is 3.42. The number of nitro groups is 1. The predicted molar refractivity (Wildman–Crippen MR) is 60.1 cm³/mol. The van der Waals surface area contributed by atoms with E-state index in [2.05, 4.69) is 10.3 Å². The zero-order valence-electron chi connectivity index (χ0n) is 8.88. The number of anilines is 2. The molecule has 16 heavy (non-hydrogen) atoms. The molecule has 0 saturated carbocycles. The van der Waals surface area contributed by atoms with E-state index in [-0.39, 0.29) is 30.0 Å². The molecule has 1 aromatic heterocycles. The maximum Gasteiger partial charge on any atom is 0.311 e. The molecule has 0 aliphatic rings. The van der Waals surface area contributed by atoms with Crippen molar-refractivity contribution in [3.8, 4) is 0 Å². The molecule has 0 aliphatic carbocycles. The first-order valence-corrected chi connectivity index (χ1v) is 4.83. The molecular formula is C9H14N4O3. The van der Waals surface area contributed by atoms with Crippen LogP contribution in [0.1, 0.15) is 13.3 Å². The Morgan fingerprint density at radius 1 is 1.69 bits per heavy atom. The first-order valence-electron chi connectivity index (χ1n) is 4.83. The second-order valence-corrected chi connectivity index (χ2v) is 3.42. The summed E-state index contributed by atoms with van der Waals surface area (Å²) in [5.74, 6) is 0.343. The molecule has 0 bridgehead atoms. The second kappa shape index (κ2) is 5.26. The Balaban J connectivity index is 2.92. The van der Waals surface area contributed by atoms with Crippen LogP contribution in [-0.4, -0.2) is 27.7 Å². The van der Waals surface area contributed by atoms with Gasteiger partial charge in [0.1, 0.15) is 5.82 Å². The van der Waals surface area contributed by atoms with Crippen LogP contribution < -0.4 is 11.1 Å². The van der Waals surface area contributed by atoms with Gasteiger partial charge in [0.05, 0.1) is 4.92 Å². The number of hydrogen-bond donors (Lipinski definition) is 3. The van der Waals surface area contributed by atoms with Crippen LogP contribution in [0.25, 0.3) is 0 Å². The summed E-state index contributed by atoms with van der Waals surface area (Å²) in [6, 6.07) is 2.56. The molecule has 1 heterocycles. The Bertz CT molecular complexity index is 383. The summed E-state index contributed by atoms with van der Waals surface area (Å²) in [4.78, 5) is 14.0. The molecule has 7 heteroatoms. The maximum atomic E-state index is 10.7. The zero-order chi connectivity index (χ0) is 12.1. The highest BCUT2D eigenvalue weighted by Gasteiger charge is 2.16. The van der Waals surface area contributed by atoms with E-state index >= 15 is 0 Å². The van der Waals surface area contributed by atoms with Crippen molar-refractivity contribution >= 4 is 17.3 Å². The molecule has 0 amide bonds. The molecule has 0 saturated heterocycles. The summed E-state index contributed by atoms with van der Waals surface area (Å²) in [5, 5.41) is 22.3. The number of nitrogens with zero attached hydrogens (tertiary/aromatic N) is 2. The Labute approximate surface area is 92.4 Å². The largest absolute Gasteiger partial charge is 0.396 e. The van der Waals surface area contributed by atoms with Gasteiger partial charge in [-0.25, -0.2) is 4.98 Å². The van der Waals surface area contributed by atoms with Crippen molar-refractivity contribution in [3.63, 3.8) is 0 Å². The third kappa shape index (κ3) is 3.06. The lowest BCUT2D eigenvalue weighted by Gasteiger charge is -2.13. The number of pyridine rings is 1. The van der Waals surface area contributed by atoms with Gasteiger partial charge in [0.2, 0.25) is 5.82 Å². The normalized spacial score (nSPS) is 12.1. The zero-order valence-corrected chi connectivity index (χ0v) is 8.88. The van der Waals surface area contributed by atoms with Crippen LogP contribution in [0.4, 0.5) is 17.3 Å². The lowest BCUT2D eigenvalue weighted by atomic mass is 10.2. The van der Waals surface area contributed by atoms with E-state index in [1.54, 1.807) is 6.92 Å². The molecule has 4 N–H and O–H groups in total. The average molecular weight is 226 g/mol. The molecule has 7 nitrogen and oxygen atoms in total. The van der Waals surface area contributed by atoms with E-state index in [0.29, 0.717) is 6.42 Å². The molecule has 0 radical (unpaired) electrons. The topological polar surface area (TPSA) is 114 Å². The summed E-state index contributed by atoms with van der Waals surface area (Å²) < 4.78 is 0. The van der Waals surface area contributed by atoms with Gasteiger partial charge in [0, 0.05) is 18.7 Å². The molecule has 0 aliphatic heterocycles. The average Bonchev–Trinajstić information content (AvgIpc) is 2.17. The van der Waals surface area contributed by atoms with Crippen molar-refractivity contribution in [3.05, 3.63) is 22.2 Å². The maximum absolute atomic E-state index is 10.7. The van der Waals surface area contributed by atoms with Gasteiger partial charge < -0.3 is 16.2 Å². The minimum absolute atomic E-state index is 0.00425. The quantitative estimate of drug-likeness (QED) is 0.504. The Morgan fingerprint density at radius 2 is 2.38 bits per heavy atom. The van der Waals surface area contributed by atoms with Crippen molar-refractivity contribution < 1.29 is 10.0 Å². The fraction of sp³-hybridized carbons (Fsp3) is 0.444. The molecular weight excluding hydrogens is 212 g/mol. The fourth-order valence-corrected chi connectivity index (χ4v) is 1.22. The van der Waals surface area contributed by atoms with Crippen LogP contribution in [0.5, 0.6) is 0 Å². The minimum Gasteiger partial charge on any atom is -0.396 e. The fourth-order valence-electron chi connectivity index (χ4n) is 1.22. The van der Waals surface area contributed by atoms with Gasteiger partial charge in [-0.15, -0.1) is 0 Å². The Kier molecular flexibility index (Phi) is 4.01. The van der Waals surface area contributed by atoms with Crippen molar-refractivity contribution in [2.75, 3.05) is 17.7 Å². The molecule has 0 spiro atoms. The van der Waals surface area contributed by atoms with Gasteiger partial charge in [-0.3, -0.25) is 10.1 Å². The Hall–Kier alpha value is -1.89. The van der Waals surface area contributed by atoms with Gasteiger partial charge in [0.25, 0.3) is 0 Å². The smallest absolute Gasteiger partial charge is 0.311 e. The van der Waals surface area contributed by atoms with Crippen LogP contribution in [-0.2, 0) is 0 Å². The third-order valence-electron chi connectivity index (χ3n) is 2.04. The first-order chi connectivity index (χ1) is 7.54. The van der Waals surface area contributed by atoms with Gasteiger partial charge in [0.15, 0.2) is 0 Å². The number of hydrogen-bond acceptors (Lipinski definition) is 6. The number of rotatable bonds is 5. The number of nitrogens with one attached hydrogen (secondary N) is 1. The molecule has 0 fully saturated rings. The van der Waals surface area contributed by atoms with Crippen LogP contribution in [0.3, 0.4) is 0 Å². The summed E-state index contributed by atoms with van der Waals surface area (Å²) in [7, 11) is 0. The molecule has 1 atom stereocenters. The highest BCUT2D eigenvalue weighted by Crippen LogP contribution is 2.23. The molecule has 0 aromatic carbocycles. The number of aromatic nitrogens is 1. The van der Waals surface area contributed by atoms with E-state index in [4.69, 9.17) is 10.8 Å². The molecule has 1 aromatic rings. The van der Waals surface area contributed by atoms with Crippen molar-refractivity contribution in [2.45, 2.75) is 19.4 Å². The van der Waals surface area contributed by atoms with E-state index in [1.807, 2.05) is 0 Å². The van der Waals surface area contributed by atoms with Gasteiger partial charge in [-0.05, 0) is 19.4 Å². The lowest BCUT2D eigenvalue weighted by Crippen LogP contribution is -2.18. The predicted octanol–water partition coefficient (Wildman–Crippen LogP) is 0.755. The summed E-state index contributed by atoms with van der Waals surface area (Å²) in [6.45, 7) is 1.80. The lowest BCUT2D eigenvalue weighted by molar-refractivity contribution is -0.384. The van der Waals surface area contributed by atoms with Gasteiger partial charge in [-0.1, -0.05) is 0 Å². The standard InChI is InChI=1S/C9H14N4O3/c1-6(4-5-14)11-9-7(13(15)16)2-3-8(10)12-9/h2-3,6,14H,4-5H2,1H3,(H3,10,11,12). The molecule has 1 rings (SSSR count). The van der Waals surface area contributed by atoms with Gasteiger partial charge >= 0.3 is 5.69 Å². The number of nitrogen functional groups attached to an aromatic ring is 1. The molecule has 1 unspecified atom stereocenters. The van der Waals surface area contributed by atoms with Crippen molar-refractivity contribution in [1.29, 1.82) is 0 Å². The van der Waals surface area contributed by atoms with Gasteiger partial charge in [-0.2, -0.15) is 0 Å². The minimum atomic E-state index is -0.527. The van der Waals surface area contributed by atoms with E-state index < -0.39 is 4.92 Å². The third-order valence-corrected chi connectivity index (χ3v) is 2.04. The van der Waals surface area contributed by atoms with E-state index in [0.717, 1.165) is 0 Å². The number of nitrogens with two attached hydrogens (primary N) is 1. The van der Waals surface area contributed by atoms with Crippen LogP contribution >= 0.6 is 0 Å². The van der Waals surface area contributed by atoms with Crippen molar-refractivity contribution in [2.24, 2.45) is 0 Å². The SMILES string of the molecule is CC(CCO)Nc1nc(N)ccc1[N+](=O)[O-]. The number of aliphatic hydroxyl groups excluding tert-OH is 1. The molecule has 88 valence electrons. The Morgan fingerprint density at radius 3 is 2.94 bits per heavy atom. The summed E-state index contributed by atoms with van der Waals surface area (Å²) >= 11 is 0. The monoisotopic (exact) mass is 226 g/mol. The van der Waals surface area contributed by atoms with E-state index in [9.17, 15) is 10.1 Å². The summed E-state index contributed by atoms with van der Waals surface area (Å²) in [6.07, 6.45) is 0.480. The highest BCUT2D eigenvalue weighted by molar-refractivity contribution is 5.59. The van der Waals surface area contributed by atoms with E-state index in [1.165, 1.54) is 12.1 Å². The van der Waals surface area contributed by atoms with Crippen LogP contribution in [0.15, 0.2) is 12.1 Å². The van der Waals surface area contributed by atoms with Crippen LogP contribution in [0, 0.1) is 10.1 Å². The summed E-state index contributed by atoms with van der Waals surface area (Å²) in [5.41, 5.74) is 5.33. The van der Waals surface area contributed by atoms with Crippen molar-refractivity contribution in [1.82, 2.24) is 4.98 Å². The first kappa shape index (κ1) is 12.2. The highest BCUT2D eigenvalue weighted by atomic mass is 16.6. The number of aliphatic hydroxyl groups is 1.